The van der Waals surface area contributed by atoms with Crippen molar-refractivity contribution in [3.05, 3.63) is 0 Å². The van der Waals surface area contributed by atoms with Crippen LogP contribution in [0.5, 0.6) is 0 Å². The standard InChI is InChI=1S/C12H19NO4/c1-7-8(2)17-6-5-13(7)11(14)9-3-4-10(9)12(15)16/h7-10H,3-6H2,1-2H3,(H,15,16). The topological polar surface area (TPSA) is 66.8 Å². The second-order valence-corrected chi connectivity index (χ2v) is 4.98. The molecule has 1 heterocycles. The van der Waals surface area contributed by atoms with Crippen molar-refractivity contribution in [3.8, 4) is 0 Å². The van der Waals surface area contributed by atoms with Crippen molar-refractivity contribution in [2.75, 3.05) is 13.2 Å². The number of carbonyl (C=O) groups excluding carboxylic acids is 1. The van der Waals surface area contributed by atoms with Crippen LogP contribution in [0.1, 0.15) is 26.7 Å². The minimum absolute atomic E-state index is 0.00806. The first-order valence-electron chi connectivity index (χ1n) is 6.17. The molecule has 1 saturated carbocycles. The third kappa shape index (κ3) is 2.16. The van der Waals surface area contributed by atoms with E-state index in [4.69, 9.17) is 9.84 Å². The molecular weight excluding hydrogens is 222 g/mol. The van der Waals surface area contributed by atoms with Crippen molar-refractivity contribution in [2.24, 2.45) is 11.8 Å². The second kappa shape index (κ2) is 4.64. The molecular formula is C12H19NO4. The van der Waals surface area contributed by atoms with Gasteiger partial charge in [-0.2, -0.15) is 0 Å². The molecule has 1 amide bonds. The summed E-state index contributed by atoms with van der Waals surface area (Å²) in [5.41, 5.74) is 0. The minimum Gasteiger partial charge on any atom is -0.481 e. The molecule has 0 aromatic heterocycles. The average Bonchev–Trinajstić information content (AvgIpc) is 2.19. The van der Waals surface area contributed by atoms with Gasteiger partial charge in [0.1, 0.15) is 0 Å². The van der Waals surface area contributed by atoms with Gasteiger partial charge in [-0.15, -0.1) is 0 Å². The van der Waals surface area contributed by atoms with Gasteiger partial charge in [-0.25, -0.2) is 0 Å². The van der Waals surface area contributed by atoms with Gasteiger partial charge in [-0.3, -0.25) is 9.59 Å². The number of carboxylic acids is 1. The molecule has 0 aromatic carbocycles. The molecule has 17 heavy (non-hydrogen) atoms. The van der Waals surface area contributed by atoms with E-state index in [0.717, 1.165) is 0 Å². The highest BCUT2D eigenvalue weighted by atomic mass is 16.5. The Labute approximate surface area is 101 Å². The van der Waals surface area contributed by atoms with Crippen molar-refractivity contribution >= 4 is 11.9 Å². The normalized spacial score (nSPS) is 37.4. The smallest absolute Gasteiger partial charge is 0.307 e. The summed E-state index contributed by atoms with van der Waals surface area (Å²) >= 11 is 0. The molecule has 1 saturated heterocycles. The molecule has 0 spiro atoms. The predicted molar refractivity (Wildman–Crippen MR) is 60.4 cm³/mol. The third-order valence-electron chi connectivity index (χ3n) is 4.08. The zero-order valence-electron chi connectivity index (χ0n) is 10.3. The molecule has 96 valence electrons. The van der Waals surface area contributed by atoms with Crippen LogP contribution in [0.15, 0.2) is 0 Å². The Balaban J connectivity index is 2.02. The zero-order chi connectivity index (χ0) is 12.6. The summed E-state index contributed by atoms with van der Waals surface area (Å²) in [6.07, 6.45) is 1.35. The van der Waals surface area contributed by atoms with Gasteiger partial charge in [-0.1, -0.05) is 0 Å². The molecule has 4 unspecified atom stereocenters. The van der Waals surface area contributed by atoms with Gasteiger partial charge in [0.15, 0.2) is 0 Å². The van der Waals surface area contributed by atoms with Crippen LogP contribution in [-0.4, -0.2) is 47.2 Å². The van der Waals surface area contributed by atoms with Crippen molar-refractivity contribution in [1.29, 1.82) is 0 Å². The van der Waals surface area contributed by atoms with Crippen LogP contribution in [0.3, 0.4) is 0 Å². The first-order chi connectivity index (χ1) is 8.02. The van der Waals surface area contributed by atoms with E-state index in [1.807, 2.05) is 13.8 Å². The van der Waals surface area contributed by atoms with Crippen molar-refractivity contribution in [2.45, 2.75) is 38.8 Å². The lowest BCUT2D eigenvalue weighted by molar-refractivity contribution is -0.163. The molecule has 1 aliphatic carbocycles. The highest BCUT2D eigenvalue weighted by molar-refractivity contribution is 5.86. The molecule has 4 atom stereocenters. The number of amides is 1. The number of hydrogen-bond acceptors (Lipinski definition) is 3. The number of carbonyl (C=O) groups is 2. The fourth-order valence-corrected chi connectivity index (χ4v) is 2.55. The first-order valence-corrected chi connectivity index (χ1v) is 6.17. The Morgan fingerprint density at radius 2 is 1.88 bits per heavy atom. The maximum Gasteiger partial charge on any atom is 0.307 e. The Hall–Kier alpha value is -1.10. The Morgan fingerprint density at radius 3 is 2.41 bits per heavy atom. The molecule has 2 fully saturated rings. The van der Waals surface area contributed by atoms with E-state index in [0.29, 0.717) is 26.0 Å². The van der Waals surface area contributed by atoms with Gasteiger partial charge in [-0.05, 0) is 26.7 Å². The number of ether oxygens (including phenoxy) is 1. The highest BCUT2D eigenvalue weighted by Gasteiger charge is 2.44. The molecule has 2 aliphatic rings. The number of nitrogens with zero attached hydrogens (tertiary/aromatic N) is 1. The maximum absolute atomic E-state index is 12.3. The minimum atomic E-state index is -0.844. The summed E-state index contributed by atoms with van der Waals surface area (Å²) < 4.78 is 5.47. The molecule has 0 aromatic rings. The van der Waals surface area contributed by atoms with E-state index in [1.54, 1.807) is 4.90 Å². The predicted octanol–water partition coefficient (Wildman–Crippen LogP) is 0.733. The van der Waals surface area contributed by atoms with Crippen LogP contribution in [0.25, 0.3) is 0 Å². The second-order valence-electron chi connectivity index (χ2n) is 4.98. The van der Waals surface area contributed by atoms with Gasteiger partial charge < -0.3 is 14.7 Å². The van der Waals surface area contributed by atoms with Crippen molar-refractivity contribution in [3.63, 3.8) is 0 Å². The van der Waals surface area contributed by atoms with Crippen molar-refractivity contribution < 1.29 is 19.4 Å². The van der Waals surface area contributed by atoms with Crippen LogP contribution >= 0.6 is 0 Å². The van der Waals surface area contributed by atoms with Gasteiger partial charge >= 0.3 is 5.97 Å². The summed E-state index contributed by atoms with van der Waals surface area (Å²) in [7, 11) is 0. The molecule has 0 bridgehead atoms. The van der Waals surface area contributed by atoms with E-state index in [-0.39, 0.29) is 24.0 Å². The zero-order valence-corrected chi connectivity index (χ0v) is 10.3. The third-order valence-corrected chi connectivity index (χ3v) is 4.08. The van der Waals surface area contributed by atoms with Gasteiger partial charge in [0.05, 0.1) is 30.6 Å². The quantitative estimate of drug-likeness (QED) is 0.774. The lowest BCUT2D eigenvalue weighted by Crippen LogP contribution is -2.55. The molecule has 1 aliphatic heterocycles. The van der Waals surface area contributed by atoms with Gasteiger partial charge in [0.2, 0.25) is 5.91 Å². The summed E-state index contributed by atoms with van der Waals surface area (Å²) in [4.78, 5) is 25.0. The van der Waals surface area contributed by atoms with Gasteiger partial charge in [0, 0.05) is 6.54 Å². The van der Waals surface area contributed by atoms with E-state index < -0.39 is 11.9 Å². The Kier molecular flexibility index (Phi) is 3.38. The fraction of sp³-hybridized carbons (Fsp3) is 0.833. The number of rotatable bonds is 2. The molecule has 1 N–H and O–H groups in total. The van der Waals surface area contributed by atoms with Crippen LogP contribution in [0.4, 0.5) is 0 Å². The fourth-order valence-electron chi connectivity index (χ4n) is 2.55. The first kappa shape index (κ1) is 12.4. The van der Waals surface area contributed by atoms with Crippen LogP contribution in [-0.2, 0) is 14.3 Å². The SMILES string of the molecule is CC1OCCN(C(=O)C2CCC2C(=O)O)C1C. The molecule has 2 rings (SSSR count). The highest BCUT2D eigenvalue weighted by Crippen LogP contribution is 2.36. The maximum atomic E-state index is 12.3. The van der Waals surface area contributed by atoms with E-state index in [2.05, 4.69) is 0 Å². The van der Waals surface area contributed by atoms with Gasteiger partial charge in [0.25, 0.3) is 0 Å². The Bertz CT molecular complexity index is 330. The van der Waals surface area contributed by atoms with Crippen molar-refractivity contribution in [1.82, 2.24) is 4.90 Å². The lowest BCUT2D eigenvalue weighted by Gasteiger charge is -2.43. The Morgan fingerprint density at radius 1 is 1.24 bits per heavy atom. The largest absolute Gasteiger partial charge is 0.481 e. The number of morpholine rings is 1. The number of aliphatic carboxylic acids is 1. The summed E-state index contributed by atoms with van der Waals surface area (Å²) in [5.74, 6) is -1.65. The lowest BCUT2D eigenvalue weighted by atomic mass is 9.72. The summed E-state index contributed by atoms with van der Waals surface area (Å²) in [5, 5.41) is 8.97. The van der Waals surface area contributed by atoms with Crippen LogP contribution in [0, 0.1) is 11.8 Å². The average molecular weight is 241 g/mol. The van der Waals surface area contributed by atoms with Crippen LogP contribution in [0.2, 0.25) is 0 Å². The number of hydrogen-bond donors (Lipinski definition) is 1. The summed E-state index contributed by atoms with van der Waals surface area (Å²) in [6.45, 7) is 5.02. The molecule has 5 nitrogen and oxygen atoms in total. The molecule has 5 heteroatoms. The summed E-state index contributed by atoms with van der Waals surface area (Å²) in [6, 6.07) is 0.0336. The molecule has 0 radical (unpaired) electrons. The van der Waals surface area contributed by atoms with E-state index >= 15 is 0 Å². The number of carboxylic acid groups (broad SMARTS) is 1. The van der Waals surface area contributed by atoms with E-state index in [9.17, 15) is 9.59 Å². The monoisotopic (exact) mass is 241 g/mol. The van der Waals surface area contributed by atoms with Crippen LogP contribution < -0.4 is 0 Å². The van der Waals surface area contributed by atoms with E-state index in [1.165, 1.54) is 0 Å².